The summed E-state index contributed by atoms with van der Waals surface area (Å²) in [6.45, 7) is 9.82. The highest BCUT2D eigenvalue weighted by molar-refractivity contribution is 5.75. The van der Waals surface area contributed by atoms with Gasteiger partial charge < -0.3 is 5.32 Å². The summed E-state index contributed by atoms with van der Waals surface area (Å²) in [7, 11) is 0. The topological polar surface area (TPSA) is 32.3 Å². The maximum Gasteiger partial charge on any atom is 0.220 e. The Morgan fingerprint density at radius 2 is 1.94 bits per heavy atom. The Hall–Kier alpha value is -0.570. The summed E-state index contributed by atoms with van der Waals surface area (Å²) in [6.07, 6.45) is 5.42. The fourth-order valence-electron chi connectivity index (χ4n) is 2.56. The van der Waals surface area contributed by atoms with Crippen LogP contribution in [0.15, 0.2) is 0 Å². The lowest BCUT2D eigenvalue weighted by molar-refractivity contribution is -0.121. The fourth-order valence-corrected chi connectivity index (χ4v) is 2.56. The van der Waals surface area contributed by atoms with Gasteiger partial charge in [0.15, 0.2) is 0 Å². The fraction of sp³-hybridized carbons (Fsp3) is 0.929. The highest BCUT2D eigenvalue weighted by Crippen LogP contribution is 2.17. The van der Waals surface area contributed by atoms with E-state index < -0.39 is 0 Å². The first-order valence-electron chi connectivity index (χ1n) is 7.14. The lowest BCUT2D eigenvalue weighted by atomic mass is 10.0. The molecule has 1 amide bonds. The van der Waals surface area contributed by atoms with Crippen LogP contribution in [0.25, 0.3) is 0 Å². The quantitative estimate of drug-likeness (QED) is 0.741. The maximum atomic E-state index is 11.5. The second kappa shape index (κ2) is 7.70. The number of amides is 1. The molecule has 100 valence electrons. The largest absolute Gasteiger partial charge is 0.355 e. The first kappa shape index (κ1) is 14.5. The summed E-state index contributed by atoms with van der Waals surface area (Å²) >= 11 is 0. The van der Waals surface area contributed by atoms with Gasteiger partial charge in [-0.25, -0.2) is 0 Å². The van der Waals surface area contributed by atoms with E-state index in [1.54, 1.807) is 0 Å². The number of nitrogens with zero attached hydrogens (tertiary/aromatic N) is 1. The average Bonchev–Trinajstić information content (AvgIpc) is 2.77. The highest BCUT2D eigenvalue weighted by Gasteiger charge is 2.22. The van der Waals surface area contributed by atoms with Crippen molar-refractivity contribution in [2.75, 3.05) is 19.6 Å². The number of likely N-dealkylation sites (tertiary alicyclic amines) is 1. The van der Waals surface area contributed by atoms with E-state index in [-0.39, 0.29) is 5.91 Å². The third-order valence-corrected chi connectivity index (χ3v) is 3.41. The summed E-state index contributed by atoms with van der Waals surface area (Å²) in [5, 5.41) is 3.09. The van der Waals surface area contributed by atoms with E-state index >= 15 is 0 Å². The molecule has 3 heteroatoms. The Labute approximate surface area is 106 Å². The van der Waals surface area contributed by atoms with Crippen LogP contribution in [-0.4, -0.2) is 36.5 Å². The number of nitrogens with one attached hydrogen (secondary N) is 1. The van der Waals surface area contributed by atoms with Gasteiger partial charge in [0.25, 0.3) is 0 Å². The van der Waals surface area contributed by atoms with Crippen LogP contribution in [-0.2, 0) is 4.79 Å². The van der Waals surface area contributed by atoms with Crippen LogP contribution in [0.3, 0.4) is 0 Å². The van der Waals surface area contributed by atoms with Crippen LogP contribution in [0.2, 0.25) is 0 Å². The van der Waals surface area contributed by atoms with Crippen molar-refractivity contribution in [1.82, 2.24) is 10.2 Å². The molecule has 1 atom stereocenters. The molecule has 0 spiro atoms. The normalized spacial score (nSPS) is 18.6. The van der Waals surface area contributed by atoms with E-state index in [2.05, 4.69) is 24.1 Å². The Bertz CT molecular complexity index is 222. The summed E-state index contributed by atoms with van der Waals surface area (Å²) in [5.74, 6) is 0.907. The summed E-state index contributed by atoms with van der Waals surface area (Å²) in [4.78, 5) is 14.1. The predicted octanol–water partition coefficient (Wildman–Crippen LogP) is 2.41. The van der Waals surface area contributed by atoms with E-state index in [9.17, 15) is 4.79 Å². The molecular weight excluding hydrogens is 212 g/mol. The highest BCUT2D eigenvalue weighted by atomic mass is 16.1. The van der Waals surface area contributed by atoms with Gasteiger partial charge in [-0.05, 0) is 44.7 Å². The van der Waals surface area contributed by atoms with Crippen molar-refractivity contribution in [3.05, 3.63) is 0 Å². The van der Waals surface area contributed by atoms with E-state index in [0.29, 0.717) is 18.4 Å². The molecule has 1 heterocycles. The van der Waals surface area contributed by atoms with Gasteiger partial charge in [0.05, 0.1) is 0 Å². The van der Waals surface area contributed by atoms with Crippen LogP contribution in [0, 0.1) is 5.92 Å². The van der Waals surface area contributed by atoms with Crippen molar-refractivity contribution < 1.29 is 4.79 Å². The van der Waals surface area contributed by atoms with Gasteiger partial charge in [0.1, 0.15) is 0 Å². The lowest BCUT2D eigenvalue weighted by Crippen LogP contribution is -2.43. The zero-order valence-electron chi connectivity index (χ0n) is 11.7. The van der Waals surface area contributed by atoms with E-state index in [4.69, 9.17) is 0 Å². The molecular formula is C14H28N2O. The first-order valence-corrected chi connectivity index (χ1v) is 7.14. The number of hydrogen-bond donors (Lipinski definition) is 1. The van der Waals surface area contributed by atoms with E-state index in [1.165, 1.54) is 32.4 Å². The molecule has 1 fully saturated rings. The molecule has 0 aliphatic carbocycles. The average molecular weight is 240 g/mol. The lowest BCUT2D eigenvalue weighted by Gasteiger charge is -2.29. The summed E-state index contributed by atoms with van der Waals surface area (Å²) in [5.41, 5.74) is 0. The van der Waals surface area contributed by atoms with Gasteiger partial charge in [-0.2, -0.15) is 0 Å². The molecule has 3 nitrogen and oxygen atoms in total. The van der Waals surface area contributed by atoms with Crippen molar-refractivity contribution in [2.45, 2.75) is 58.9 Å². The molecule has 1 unspecified atom stereocenters. The number of hydrogen-bond acceptors (Lipinski definition) is 2. The summed E-state index contributed by atoms with van der Waals surface area (Å²) in [6, 6.07) is 0.540. The number of carbonyl (C=O) groups excluding carboxylic acids is 1. The molecule has 1 aliphatic rings. The molecule has 0 radical (unpaired) electrons. The molecule has 1 N–H and O–H groups in total. The minimum absolute atomic E-state index is 0.209. The molecule has 17 heavy (non-hydrogen) atoms. The van der Waals surface area contributed by atoms with Crippen LogP contribution in [0.4, 0.5) is 0 Å². The Kier molecular flexibility index (Phi) is 6.56. The molecule has 1 rings (SSSR count). The third kappa shape index (κ3) is 5.53. The van der Waals surface area contributed by atoms with Gasteiger partial charge in [-0.1, -0.05) is 20.8 Å². The first-order chi connectivity index (χ1) is 8.13. The van der Waals surface area contributed by atoms with Crippen LogP contribution in [0.1, 0.15) is 52.9 Å². The molecule has 0 bridgehead atoms. The van der Waals surface area contributed by atoms with Crippen LogP contribution < -0.4 is 5.32 Å². The smallest absolute Gasteiger partial charge is 0.220 e. The second-order valence-corrected chi connectivity index (χ2v) is 5.58. The number of carbonyl (C=O) groups is 1. The minimum Gasteiger partial charge on any atom is -0.355 e. The van der Waals surface area contributed by atoms with Gasteiger partial charge in [-0.3, -0.25) is 9.69 Å². The molecule has 0 aromatic rings. The van der Waals surface area contributed by atoms with Crippen molar-refractivity contribution in [3.63, 3.8) is 0 Å². The monoisotopic (exact) mass is 240 g/mol. The van der Waals surface area contributed by atoms with Crippen molar-refractivity contribution in [1.29, 1.82) is 0 Å². The zero-order valence-corrected chi connectivity index (χ0v) is 11.7. The Morgan fingerprint density at radius 1 is 1.29 bits per heavy atom. The zero-order chi connectivity index (χ0) is 12.7. The number of rotatable bonds is 7. The van der Waals surface area contributed by atoms with Crippen LogP contribution in [0.5, 0.6) is 0 Å². The van der Waals surface area contributed by atoms with Gasteiger partial charge in [-0.15, -0.1) is 0 Å². The standard InChI is InChI=1S/C14H28N2O/c1-4-7-14(17)15-11-13(10-12(2)3)16-8-5-6-9-16/h12-13H,4-11H2,1-3H3,(H,15,17). The van der Waals surface area contributed by atoms with Crippen LogP contribution >= 0.6 is 0 Å². The Balaban J connectivity index is 2.37. The Morgan fingerprint density at radius 3 is 2.47 bits per heavy atom. The summed E-state index contributed by atoms with van der Waals surface area (Å²) < 4.78 is 0. The molecule has 0 aromatic carbocycles. The maximum absolute atomic E-state index is 11.5. The van der Waals surface area contributed by atoms with E-state index in [0.717, 1.165) is 13.0 Å². The molecule has 1 saturated heterocycles. The van der Waals surface area contributed by atoms with Crippen molar-refractivity contribution in [3.8, 4) is 0 Å². The predicted molar refractivity (Wildman–Crippen MR) is 72.0 cm³/mol. The van der Waals surface area contributed by atoms with Crippen molar-refractivity contribution in [2.24, 2.45) is 5.92 Å². The minimum atomic E-state index is 0.209. The van der Waals surface area contributed by atoms with Crippen molar-refractivity contribution >= 4 is 5.91 Å². The van der Waals surface area contributed by atoms with Gasteiger partial charge in [0.2, 0.25) is 5.91 Å². The molecule has 0 saturated carbocycles. The third-order valence-electron chi connectivity index (χ3n) is 3.41. The van der Waals surface area contributed by atoms with E-state index in [1.807, 2.05) is 6.92 Å². The second-order valence-electron chi connectivity index (χ2n) is 5.58. The van der Waals surface area contributed by atoms with Gasteiger partial charge >= 0.3 is 0 Å². The molecule has 1 aliphatic heterocycles. The SMILES string of the molecule is CCCC(=O)NCC(CC(C)C)N1CCCC1. The molecule has 0 aromatic heterocycles. The van der Waals surface area contributed by atoms with Gasteiger partial charge in [0, 0.05) is 19.0 Å².